The number of carbonyl (C=O) groups is 1. The van der Waals surface area contributed by atoms with Crippen molar-refractivity contribution in [3.05, 3.63) is 129 Å². The molecule has 196 valence electrons. The highest BCUT2D eigenvalue weighted by Crippen LogP contribution is 2.32. The number of amides is 1. The Labute approximate surface area is 245 Å². The standard InChI is InChI=1S/C30H21Cl3N2O3S/c31-22-13-19(14-23(32)15-22)18-39-29-8-4-3-7-26(29)34-30(36)27-16-28(38-35-27)20-9-11-24(12-10-20)37-17-21-5-1-2-6-25(21)33/h1-16H,17-18H2,(H,34,36). The molecule has 5 rings (SSSR count). The number of rotatable bonds is 9. The van der Waals surface area contributed by atoms with E-state index >= 15 is 0 Å². The van der Waals surface area contributed by atoms with Crippen LogP contribution in [0.25, 0.3) is 11.3 Å². The Morgan fingerprint density at radius 3 is 2.36 bits per heavy atom. The second kappa shape index (κ2) is 12.6. The van der Waals surface area contributed by atoms with Gasteiger partial charge in [-0.3, -0.25) is 4.79 Å². The summed E-state index contributed by atoms with van der Waals surface area (Å²) in [6.45, 7) is 0.359. The Kier molecular flexibility index (Phi) is 8.79. The Morgan fingerprint density at radius 1 is 0.872 bits per heavy atom. The van der Waals surface area contributed by atoms with Crippen molar-refractivity contribution in [3.8, 4) is 17.1 Å². The molecule has 0 bridgehead atoms. The van der Waals surface area contributed by atoms with Gasteiger partial charge in [0.15, 0.2) is 11.5 Å². The number of nitrogens with zero attached hydrogens (tertiary/aromatic N) is 1. The molecule has 5 nitrogen and oxygen atoms in total. The first-order valence-electron chi connectivity index (χ1n) is 11.9. The third-order valence-electron chi connectivity index (χ3n) is 5.69. The highest BCUT2D eigenvalue weighted by Gasteiger charge is 2.16. The van der Waals surface area contributed by atoms with E-state index in [2.05, 4.69) is 10.5 Å². The SMILES string of the molecule is O=C(Nc1ccccc1SCc1cc(Cl)cc(Cl)c1)c1cc(-c2ccc(OCc3ccccc3Cl)cc2)on1. The lowest BCUT2D eigenvalue weighted by molar-refractivity contribution is 0.101. The highest BCUT2D eigenvalue weighted by molar-refractivity contribution is 7.98. The molecule has 9 heteroatoms. The molecule has 0 saturated carbocycles. The van der Waals surface area contributed by atoms with Gasteiger partial charge in [-0.05, 0) is 66.2 Å². The lowest BCUT2D eigenvalue weighted by Crippen LogP contribution is -2.12. The van der Waals surface area contributed by atoms with Crippen LogP contribution in [0.1, 0.15) is 21.6 Å². The van der Waals surface area contributed by atoms with Gasteiger partial charge in [0.05, 0.1) is 5.69 Å². The van der Waals surface area contributed by atoms with Crippen molar-refractivity contribution in [1.82, 2.24) is 5.16 Å². The molecule has 0 aliphatic rings. The van der Waals surface area contributed by atoms with Crippen molar-refractivity contribution in [2.24, 2.45) is 0 Å². The number of para-hydroxylation sites is 1. The van der Waals surface area contributed by atoms with E-state index in [-0.39, 0.29) is 11.6 Å². The fourth-order valence-corrected chi connectivity index (χ4v) is 5.45. The second-order valence-electron chi connectivity index (χ2n) is 8.50. The minimum Gasteiger partial charge on any atom is -0.489 e. The van der Waals surface area contributed by atoms with Crippen LogP contribution in [0.15, 0.2) is 106 Å². The van der Waals surface area contributed by atoms with Gasteiger partial charge in [0.2, 0.25) is 0 Å². The average Bonchev–Trinajstić information content (AvgIpc) is 3.43. The van der Waals surface area contributed by atoms with Gasteiger partial charge in [0.1, 0.15) is 12.4 Å². The molecule has 1 amide bonds. The van der Waals surface area contributed by atoms with Crippen LogP contribution in [0.3, 0.4) is 0 Å². The lowest BCUT2D eigenvalue weighted by Gasteiger charge is -2.10. The maximum absolute atomic E-state index is 13.0. The van der Waals surface area contributed by atoms with E-state index in [9.17, 15) is 4.79 Å². The van der Waals surface area contributed by atoms with E-state index in [0.29, 0.717) is 44.6 Å². The molecule has 1 aromatic heterocycles. The summed E-state index contributed by atoms with van der Waals surface area (Å²) in [6.07, 6.45) is 0. The molecule has 0 saturated heterocycles. The fourth-order valence-electron chi connectivity index (χ4n) is 3.75. The van der Waals surface area contributed by atoms with Gasteiger partial charge in [-0.25, -0.2) is 0 Å². The van der Waals surface area contributed by atoms with Gasteiger partial charge < -0.3 is 14.6 Å². The molecular weight excluding hydrogens is 575 g/mol. The van der Waals surface area contributed by atoms with Crippen molar-refractivity contribution >= 4 is 58.2 Å². The number of halogens is 3. The van der Waals surface area contributed by atoms with Crippen LogP contribution in [0.2, 0.25) is 15.1 Å². The predicted molar refractivity (Wildman–Crippen MR) is 158 cm³/mol. The number of thioether (sulfide) groups is 1. The number of benzene rings is 4. The van der Waals surface area contributed by atoms with Crippen LogP contribution in [0, 0.1) is 0 Å². The summed E-state index contributed by atoms with van der Waals surface area (Å²) in [5.41, 5.74) is 3.50. The molecule has 39 heavy (non-hydrogen) atoms. The van der Waals surface area contributed by atoms with Crippen molar-refractivity contribution in [2.75, 3.05) is 5.32 Å². The summed E-state index contributed by atoms with van der Waals surface area (Å²) < 4.78 is 11.3. The van der Waals surface area contributed by atoms with E-state index in [1.807, 2.05) is 84.9 Å². The molecule has 0 atom stereocenters. The molecule has 0 aliphatic carbocycles. The lowest BCUT2D eigenvalue weighted by atomic mass is 10.1. The van der Waals surface area contributed by atoms with Crippen molar-refractivity contribution in [2.45, 2.75) is 17.3 Å². The van der Waals surface area contributed by atoms with Crippen LogP contribution >= 0.6 is 46.6 Å². The number of ether oxygens (including phenoxy) is 1. The van der Waals surface area contributed by atoms with Crippen molar-refractivity contribution < 1.29 is 14.1 Å². The first kappa shape index (κ1) is 27.2. The van der Waals surface area contributed by atoms with Gasteiger partial charge in [-0.15, -0.1) is 11.8 Å². The summed E-state index contributed by atoms with van der Waals surface area (Å²) in [7, 11) is 0. The summed E-state index contributed by atoms with van der Waals surface area (Å²) in [5.74, 6) is 1.42. The van der Waals surface area contributed by atoms with Crippen LogP contribution in [0.5, 0.6) is 5.75 Å². The minimum atomic E-state index is -0.372. The first-order chi connectivity index (χ1) is 18.9. The smallest absolute Gasteiger partial charge is 0.277 e. The number of anilines is 1. The number of nitrogens with one attached hydrogen (secondary N) is 1. The van der Waals surface area contributed by atoms with Gasteiger partial charge in [-0.1, -0.05) is 70.3 Å². The Hall–Kier alpha value is -3.42. The Morgan fingerprint density at radius 2 is 1.59 bits per heavy atom. The summed E-state index contributed by atoms with van der Waals surface area (Å²) in [5, 5.41) is 8.73. The van der Waals surface area contributed by atoms with E-state index in [1.165, 1.54) is 0 Å². The minimum absolute atomic E-state index is 0.172. The van der Waals surface area contributed by atoms with Gasteiger partial charge >= 0.3 is 0 Å². The molecule has 0 spiro atoms. The Bertz CT molecular complexity index is 1590. The second-order valence-corrected chi connectivity index (χ2v) is 10.8. The zero-order valence-electron chi connectivity index (χ0n) is 20.4. The van der Waals surface area contributed by atoms with Crippen molar-refractivity contribution in [1.29, 1.82) is 0 Å². The van der Waals surface area contributed by atoms with Crippen LogP contribution in [0.4, 0.5) is 5.69 Å². The molecule has 1 heterocycles. The van der Waals surface area contributed by atoms with E-state index in [0.717, 1.165) is 21.6 Å². The molecule has 5 aromatic rings. The first-order valence-corrected chi connectivity index (χ1v) is 14.0. The highest BCUT2D eigenvalue weighted by atomic mass is 35.5. The largest absolute Gasteiger partial charge is 0.489 e. The van der Waals surface area contributed by atoms with Crippen LogP contribution in [-0.4, -0.2) is 11.1 Å². The van der Waals surface area contributed by atoms with Crippen LogP contribution < -0.4 is 10.1 Å². The molecule has 0 fully saturated rings. The number of carbonyl (C=O) groups excluding carboxylic acids is 1. The third-order valence-corrected chi connectivity index (χ3v) is 7.64. The fraction of sp³-hybridized carbons (Fsp3) is 0.0667. The maximum atomic E-state index is 13.0. The predicted octanol–water partition coefficient (Wildman–Crippen LogP) is 9.43. The molecule has 4 aromatic carbocycles. The average molecular weight is 596 g/mol. The van der Waals surface area contributed by atoms with E-state index in [4.69, 9.17) is 44.1 Å². The number of aromatic nitrogens is 1. The number of hydrogen-bond acceptors (Lipinski definition) is 5. The maximum Gasteiger partial charge on any atom is 0.277 e. The summed E-state index contributed by atoms with van der Waals surface area (Å²) in [6, 6.07) is 29.5. The zero-order chi connectivity index (χ0) is 27.2. The summed E-state index contributed by atoms with van der Waals surface area (Å²) in [4.78, 5) is 13.9. The monoisotopic (exact) mass is 594 g/mol. The molecule has 1 N–H and O–H groups in total. The third kappa shape index (κ3) is 7.16. The molecule has 0 unspecified atom stereocenters. The van der Waals surface area contributed by atoms with Gasteiger partial charge in [0.25, 0.3) is 5.91 Å². The number of hydrogen-bond donors (Lipinski definition) is 1. The molecular formula is C30H21Cl3N2O3S. The summed E-state index contributed by atoms with van der Waals surface area (Å²) >= 11 is 20.0. The topological polar surface area (TPSA) is 64.4 Å². The van der Waals surface area contributed by atoms with E-state index < -0.39 is 0 Å². The normalized spacial score (nSPS) is 10.8. The van der Waals surface area contributed by atoms with Crippen molar-refractivity contribution in [3.63, 3.8) is 0 Å². The molecule has 0 aliphatic heterocycles. The molecule has 0 radical (unpaired) electrons. The van der Waals surface area contributed by atoms with Gasteiger partial charge in [-0.2, -0.15) is 0 Å². The quantitative estimate of drug-likeness (QED) is 0.172. The van der Waals surface area contributed by atoms with E-state index in [1.54, 1.807) is 23.9 Å². The van der Waals surface area contributed by atoms with Gasteiger partial charge in [0, 0.05) is 42.9 Å². The Balaban J connectivity index is 1.21. The van der Waals surface area contributed by atoms with Crippen LogP contribution in [-0.2, 0) is 12.4 Å². The zero-order valence-corrected chi connectivity index (χ0v) is 23.5.